The SMILES string of the molecule is O=C1N=C(N2CCN(c3cccc(C(F)(F)F)c3)CC2)S/C1=C/c1ccc(O)cc1. The van der Waals surface area contributed by atoms with E-state index in [9.17, 15) is 23.1 Å². The predicted octanol–water partition coefficient (Wildman–Crippen LogP) is 4.20. The molecule has 30 heavy (non-hydrogen) atoms. The van der Waals surface area contributed by atoms with Gasteiger partial charge in [-0.15, -0.1) is 0 Å². The number of amides is 1. The maximum atomic E-state index is 13.0. The number of aliphatic imine (C=N–C) groups is 1. The second-order valence-electron chi connectivity index (χ2n) is 6.92. The van der Waals surface area contributed by atoms with Crippen LogP contribution >= 0.6 is 11.8 Å². The number of phenols is 1. The zero-order chi connectivity index (χ0) is 21.3. The quantitative estimate of drug-likeness (QED) is 0.720. The summed E-state index contributed by atoms with van der Waals surface area (Å²) in [5.41, 5.74) is 0.664. The highest BCUT2D eigenvalue weighted by molar-refractivity contribution is 8.18. The summed E-state index contributed by atoms with van der Waals surface area (Å²) in [4.78, 5) is 20.8. The number of amidine groups is 1. The number of aromatic hydroxyl groups is 1. The molecule has 0 bridgehead atoms. The van der Waals surface area contributed by atoms with Crippen molar-refractivity contribution in [1.82, 2.24) is 4.90 Å². The molecule has 9 heteroatoms. The van der Waals surface area contributed by atoms with Crippen LogP contribution < -0.4 is 4.90 Å². The molecule has 0 aliphatic carbocycles. The molecule has 0 radical (unpaired) electrons. The number of nitrogens with zero attached hydrogens (tertiary/aromatic N) is 3. The first-order chi connectivity index (χ1) is 14.3. The number of rotatable bonds is 2. The third-order valence-electron chi connectivity index (χ3n) is 4.89. The lowest BCUT2D eigenvalue weighted by Gasteiger charge is -2.36. The van der Waals surface area contributed by atoms with E-state index in [0.717, 1.165) is 11.6 Å². The van der Waals surface area contributed by atoms with E-state index in [1.807, 2.05) is 9.80 Å². The summed E-state index contributed by atoms with van der Waals surface area (Å²) in [6.07, 6.45) is -2.64. The van der Waals surface area contributed by atoms with E-state index < -0.39 is 11.7 Å². The lowest BCUT2D eigenvalue weighted by atomic mass is 10.1. The Hall–Kier alpha value is -2.94. The van der Waals surface area contributed by atoms with Crippen LogP contribution in [0.2, 0.25) is 0 Å². The maximum Gasteiger partial charge on any atom is 0.416 e. The Morgan fingerprint density at radius 3 is 2.33 bits per heavy atom. The molecule has 0 spiro atoms. The van der Waals surface area contributed by atoms with Crippen molar-refractivity contribution in [1.29, 1.82) is 0 Å². The molecule has 2 aliphatic rings. The van der Waals surface area contributed by atoms with E-state index in [1.165, 1.54) is 23.9 Å². The monoisotopic (exact) mass is 433 g/mol. The number of benzene rings is 2. The first-order valence-electron chi connectivity index (χ1n) is 9.28. The van der Waals surface area contributed by atoms with Crippen molar-refractivity contribution in [2.45, 2.75) is 6.18 Å². The molecule has 0 saturated carbocycles. The highest BCUT2D eigenvalue weighted by atomic mass is 32.2. The van der Waals surface area contributed by atoms with Crippen molar-refractivity contribution in [2.75, 3.05) is 31.1 Å². The van der Waals surface area contributed by atoms with Gasteiger partial charge in [0, 0.05) is 31.9 Å². The summed E-state index contributed by atoms with van der Waals surface area (Å²) < 4.78 is 38.9. The Labute approximate surface area is 175 Å². The summed E-state index contributed by atoms with van der Waals surface area (Å²) in [6.45, 7) is 2.18. The second-order valence-corrected chi connectivity index (χ2v) is 7.93. The number of hydrogen-bond acceptors (Lipinski definition) is 5. The Morgan fingerprint density at radius 2 is 1.67 bits per heavy atom. The molecule has 2 aliphatic heterocycles. The lowest BCUT2D eigenvalue weighted by Crippen LogP contribution is -2.47. The second kappa shape index (κ2) is 8.06. The molecule has 5 nitrogen and oxygen atoms in total. The van der Waals surface area contributed by atoms with E-state index >= 15 is 0 Å². The number of thioether (sulfide) groups is 1. The third kappa shape index (κ3) is 4.46. The molecule has 2 aromatic carbocycles. The van der Waals surface area contributed by atoms with Crippen LogP contribution in [-0.2, 0) is 11.0 Å². The molecule has 2 heterocycles. The summed E-state index contributed by atoms with van der Waals surface area (Å²) >= 11 is 1.28. The lowest BCUT2D eigenvalue weighted by molar-refractivity contribution is -0.137. The molecule has 1 fully saturated rings. The molecular formula is C21H18F3N3O2S. The van der Waals surface area contributed by atoms with Crippen LogP contribution in [0, 0.1) is 0 Å². The van der Waals surface area contributed by atoms with Crippen LogP contribution in [0.4, 0.5) is 18.9 Å². The Bertz CT molecular complexity index is 1010. The van der Waals surface area contributed by atoms with Crippen molar-refractivity contribution in [3.8, 4) is 5.75 Å². The molecule has 1 saturated heterocycles. The normalized spacial score (nSPS) is 18.8. The molecule has 1 amide bonds. The number of carbonyl (C=O) groups excluding carboxylic acids is 1. The van der Waals surface area contributed by atoms with Crippen molar-refractivity contribution in [3.05, 3.63) is 64.6 Å². The van der Waals surface area contributed by atoms with Crippen molar-refractivity contribution in [3.63, 3.8) is 0 Å². The fourth-order valence-corrected chi connectivity index (χ4v) is 4.25. The van der Waals surface area contributed by atoms with E-state index in [-0.39, 0.29) is 11.7 Å². The van der Waals surface area contributed by atoms with Crippen LogP contribution in [0.25, 0.3) is 6.08 Å². The topological polar surface area (TPSA) is 56.1 Å². The van der Waals surface area contributed by atoms with Gasteiger partial charge in [0.15, 0.2) is 5.17 Å². The van der Waals surface area contributed by atoms with Gasteiger partial charge in [-0.1, -0.05) is 18.2 Å². The van der Waals surface area contributed by atoms with Gasteiger partial charge in [0.1, 0.15) is 5.75 Å². The van der Waals surface area contributed by atoms with Gasteiger partial charge in [-0.3, -0.25) is 4.79 Å². The average molecular weight is 433 g/mol. The van der Waals surface area contributed by atoms with Gasteiger partial charge < -0.3 is 14.9 Å². The first-order valence-corrected chi connectivity index (χ1v) is 10.1. The molecular weight excluding hydrogens is 415 g/mol. The van der Waals surface area contributed by atoms with Crippen molar-refractivity contribution >= 4 is 34.6 Å². The van der Waals surface area contributed by atoms with Gasteiger partial charge in [-0.2, -0.15) is 18.2 Å². The van der Waals surface area contributed by atoms with Crippen LogP contribution in [0.15, 0.2) is 58.4 Å². The highest BCUT2D eigenvalue weighted by Crippen LogP contribution is 2.33. The molecule has 4 rings (SSSR count). The summed E-state index contributed by atoms with van der Waals surface area (Å²) in [7, 11) is 0. The molecule has 0 atom stereocenters. The minimum Gasteiger partial charge on any atom is -0.508 e. The van der Waals surface area contributed by atoms with Gasteiger partial charge in [0.2, 0.25) is 0 Å². The number of piperazine rings is 1. The van der Waals surface area contributed by atoms with Crippen LogP contribution in [0.1, 0.15) is 11.1 Å². The number of phenolic OH excluding ortho intramolecular Hbond substituents is 1. The largest absolute Gasteiger partial charge is 0.508 e. The number of hydrogen-bond donors (Lipinski definition) is 1. The number of anilines is 1. The van der Waals surface area contributed by atoms with E-state index in [4.69, 9.17) is 0 Å². The minimum atomic E-state index is -4.37. The molecule has 2 aromatic rings. The van der Waals surface area contributed by atoms with Crippen LogP contribution in [0.3, 0.4) is 0 Å². The van der Waals surface area contributed by atoms with E-state index in [2.05, 4.69) is 4.99 Å². The summed E-state index contributed by atoms with van der Waals surface area (Å²) in [5, 5.41) is 9.96. The van der Waals surface area contributed by atoms with Crippen molar-refractivity contribution in [2.24, 2.45) is 4.99 Å². The zero-order valence-electron chi connectivity index (χ0n) is 15.8. The van der Waals surface area contributed by atoms with Gasteiger partial charge in [0.25, 0.3) is 5.91 Å². The first kappa shape index (κ1) is 20.3. The van der Waals surface area contributed by atoms with E-state index in [0.29, 0.717) is 41.9 Å². The zero-order valence-corrected chi connectivity index (χ0v) is 16.6. The van der Waals surface area contributed by atoms with Gasteiger partial charge in [-0.05, 0) is 53.7 Å². The fourth-order valence-electron chi connectivity index (χ4n) is 3.29. The van der Waals surface area contributed by atoms with Gasteiger partial charge >= 0.3 is 6.18 Å². The average Bonchev–Trinajstić information content (AvgIpc) is 3.10. The number of halogens is 3. The van der Waals surface area contributed by atoms with Crippen molar-refractivity contribution < 1.29 is 23.1 Å². The standard InChI is InChI=1S/C21H18F3N3O2S/c22-21(23,24)15-2-1-3-16(13-15)26-8-10-27(11-9-26)20-25-19(29)18(30-20)12-14-4-6-17(28)7-5-14/h1-7,12-13,28H,8-11H2/b18-12+. The highest BCUT2D eigenvalue weighted by Gasteiger charge is 2.32. The fraction of sp³-hybridized carbons (Fsp3) is 0.238. The number of carbonyl (C=O) groups is 1. The Balaban J connectivity index is 1.40. The predicted molar refractivity (Wildman–Crippen MR) is 111 cm³/mol. The molecule has 0 unspecified atom stereocenters. The van der Waals surface area contributed by atoms with Gasteiger partial charge in [0.05, 0.1) is 10.5 Å². The Kier molecular flexibility index (Phi) is 5.46. The van der Waals surface area contributed by atoms with E-state index in [1.54, 1.807) is 36.4 Å². The molecule has 1 N–H and O–H groups in total. The number of alkyl halides is 3. The van der Waals surface area contributed by atoms with Gasteiger partial charge in [-0.25, -0.2) is 0 Å². The summed E-state index contributed by atoms with van der Waals surface area (Å²) in [5.74, 6) is -0.165. The summed E-state index contributed by atoms with van der Waals surface area (Å²) in [6, 6.07) is 11.8. The molecule has 156 valence electrons. The third-order valence-corrected chi connectivity index (χ3v) is 5.93. The van der Waals surface area contributed by atoms with Crippen LogP contribution in [0.5, 0.6) is 5.75 Å². The minimum absolute atomic E-state index is 0.151. The smallest absolute Gasteiger partial charge is 0.416 e. The van der Waals surface area contributed by atoms with Crippen LogP contribution in [-0.4, -0.2) is 47.3 Å². The maximum absolute atomic E-state index is 13.0. The Morgan fingerprint density at radius 1 is 1.00 bits per heavy atom. The molecule has 0 aromatic heterocycles.